The molecule has 0 bridgehead atoms. The van der Waals surface area contributed by atoms with Crippen LogP contribution < -0.4 is 0 Å². The van der Waals surface area contributed by atoms with Gasteiger partial charge in [-0.3, -0.25) is 14.9 Å². The van der Waals surface area contributed by atoms with E-state index in [0.29, 0.717) is 37.5 Å². The fraction of sp³-hybridized carbons (Fsp3) is 0.500. The van der Waals surface area contributed by atoms with E-state index in [1.54, 1.807) is 11.1 Å². The van der Waals surface area contributed by atoms with Crippen LogP contribution in [-0.2, 0) is 5.60 Å². The van der Waals surface area contributed by atoms with Crippen molar-refractivity contribution in [2.45, 2.75) is 45.1 Å². The zero-order chi connectivity index (χ0) is 17.3. The van der Waals surface area contributed by atoms with Gasteiger partial charge in [0, 0.05) is 25.0 Å². The lowest BCUT2D eigenvalue weighted by Gasteiger charge is -2.38. The number of likely N-dealkylation sites (tertiary alicyclic amines) is 1. The van der Waals surface area contributed by atoms with Crippen molar-refractivity contribution in [2.75, 3.05) is 13.1 Å². The maximum atomic E-state index is 12.6. The van der Waals surface area contributed by atoms with E-state index in [1.165, 1.54) is 0 Å². The van der Waals surface area contributed by atoms with Crippen molar-refractivity contribution in [3.8, 4) is 0 Å². The van der Waals surface area contributed by atoms with Gasteiger partial charge in [0.25, 0.3) is 5.91 Å². The highest BCUT2D eigenvalue weighted by Crippen LogP contribution is 2.33. The Bertz CT molecular complexity index is 730. The molecule has 6 nitrogen and oxygen atoms in total. The van der Waals surface area contributed by atoms with Crippen molar-refractivity contribution in [3.63, 3.8) is 0 Å². The van der Waals surface area contributed by atoms with Gasteiger partial charge in [-0.1, -0.05) is 19.9 Å². The molecule has 1 fully saturated rings. The van der Waals surface area contributed by atoms with Gasteiger partial charge in [0.2, 0.25) is 0 Å². The van der Waals surface area contributed by atoms with Gasteiger partial charge in [-0.15, -0.1) is 0 Å². The van der Waals surface area contributed by atoms with Crippen LogP contribution in [0.25, 0.3) is 0 Å². The minimum absolute atomic E-state index is 0.0852. The van der Waals surface area contributed by atoms with E-state index in [2.05, 4.69) is 29.0 Å². The van der Waals surface area contributed by atoms with Crippen LogP contribution in [0.2, 0.25) is 0 Å². The Morgan fingerprint density at radius 1 is 1.38 bits per heavy atom. The van der Waals surface area contributed by atoms with E-state index in [1.807, 2.05) is 25.1 Å². The smallest absolute Gasteiger partial charge is 0.274 e. The highest BCUT2D eigenvalue weighted by atomic mass is 16.3. The van der Waals surface area contributed by atoms with Crippen molar-refractivity contribution in [1.29, 1.82) is 0 Å². The van der Waals surface area contributed by atoms with Gasteiger partial charge in [-0.2, -0.15) is 5.10 Å². The first-order valence-electron chi connectivity index (χ1n) is 8.40. The Labute approximate surface area is 141 Å². The Hall–Kier alpha value is -2.21. The fourth-order valence-electron chi connectivity index (χ4n) is 3.19. The minimum atomic E-state index is -0.962. The van der Waals surface area contributed by atoms with Crippen molar-refractivity contribution in [1.82, 2.24) is 20.1 Å². The van der Waals surface area contributed by atoms with E-state index in [0.717, 1.165) is 17.0 Å². The van der Waals surface area contributed by atoms with Gasteiger partial charge in [0.05, 0.1) is 5.69 Å². The van der Waals surface area contributed by atoms with Crippen molar-refractivity contribution in [2.24, 2.45) is 0 Å². The Morgan fingerprint density at radius 2 is 2.08 bits per heavy atom. The first kappa shape index (κ1) is 16.6. The van der Waals surface area contributed by atoms with Crippen LogP contribution in [0.15, 0.2) is 24.4 Å². The highest BCUT2D eigenvalue weighted by molar-refractivity contribution is 5.92. The predicted octanol–water partition coefficient (Wildman–Crippen LogP) is 2.36. The van der Waals surface area contributed by atoms with Crippen molar-refractivity contribution < 1.29 is 9.90 Å². The molecule has 24 heavy (non-hydrogen) atoms. The van der Waals surface area contributed by atoms with Crippen LogP contribution in [0.3, 0.4) is 0 Å². The number of nitrogens with one attached hydrogen (secondary N) is 1. The number of hydrogen-bond acceptors (Lipinski definition) is 4. The normalized spacial score (nSPS) is 17.3. The number of carbonyl (C=O) groups is 1. The minimum Gasteiger partial charge on any atom is -0.383 e. The number of aryl methyl sites for hydroxylation is 1. The summed E-state index contributed by atoms with van der Waals surface area (Å²) >= 11 is 0. The first-order chi connectivity index (χ1) is 11.4. The summed E-state index contributed by atoms with van der Waals surface area (Å²) in [5, 5.41) is 18.0. The molecule has 0 atom stereocenters. The molecular weight excluding hydrogens is 304 g/mol. The second-order valence-electron chi connectivity index (χ2n) is 6.86. The number of rotatable bonds is 3. The van der Waals surface area contributed by atoms with E-state index in [9.17, 15) is 9.90 Å². The van der Waals surface area contributed by atoms with Crippen LogP contribution in [0.1, 0.15) is 60.0 Å². The standard InChI is InChI=1S/C18H24N4O2/c1-12(2)14-11-15(21-20-14)17(23)22-9-6-18(24,7-10-22)16-13(3)5-4-8-19-16/h4-5,8,11-12,24H,6-7,9-10H2,1-3H3,(H,20,21). The van der Waals surface area contributed by atoms with E-state index >= 15 is 0 Å². The number of carbonyl (C=O) groups excluding carboxylic acids is 1. The average Bonchev–Trinajstić information content (AvgIpc) is 3.05. The summed E-state index contributed by atoms with van der Waals surface area (Å²) < 4.78 is 0. The molecule has 0 aromatic carbocycles. The molecule has 6 heteroatoms. The zero-order valence-electron chi connectivity index (χ0n) is 14.4. The van der Waals surface area contributed by atoms with Gasteiger partial charge in [0.1, 0.15) is 11.3 Å². The SMILES string of the molecule is Cc1cccnc1C1(O)CCN(C(=O)c2cc(C(C)C)[nH]n2)CC1. The summed E-state index contributed by atoms with van der Waals surface area (Å²) in [5.41, 5.74) is 2.14. The Morgan fingerprint density at radius 3 is 2.67 bits per heavy atom. The fourth-order valence-corrected chi connectivity index (χ4v) is 3.19. The summed E-state index contributed by atoms with van der Waals surface area (Å²) in [6.45, 7) is 7.05. The largest absolute Gasteiger partial charge is 0.383 e. The molecule has 0 saturated carbocycles. The van der Waals surface area contributed by atoms with E-state index in [-0.39, 0.29) is 5.91 Å². The molecule has 2 aromatic heterocycles. The Kier molecular flexibility index (Phi) is 4.41. The molecule has 0 unspecified atom stereocenters. The molecule has 0 radical (unpaired) electrons. The lowest BCUT2D eigenvalue weighted by atomic mass is 9.85. The van der Waals surface area contributed by atoms with Gasteiger partial charge < -0.3 is 10.0 Å². The first-order valence-corrected chi connectivity index (χ1v) is 8.40. The number of hydrogen-bond donors (Lipinski definition) is 2. The number of nitrogens with zero attached hydrogens (tertiary/aromatic N) is 3. The second-order valence-corrected chi connectivity index (χ2v) is 6.86. The number of aromatic amines is 1. The summed E-state index contributed by atoms with van der Waals surface area (Å²) in [6, 6.07) is 5.64. The molecule has 2 N–H and O–H groups in total. The van der Waals surface area contributed by atoms with Crippen LogP contribution in [-0.4, -0.2) is 44.2 Å². The number of amides is 1. The monoisotopic (exact) mass is 328 g/mol. The number of pyridine rings is 1. The van der Waals surface area contributed by atoms with Crippen LogP contribution in [0.5, 0.6) is 0 Å². The molecule has 1 amide bonds. The zero-order valence-corrected chi connectivity index (χ0v) is 14.4. The summed E-state index contributed by atoms with van der Waals surface area (Å²) in [5.74, 6) is 0.218. The van der Waals surface area contributed by atoms with E-state index < -0.39 is 5.60 Å². The topological polar surface area (TPSA) is 82.1 Å². The van der Waals surface area contributed by atoms with Crippen LogP contribution in [0.4, 0.5) is 0 Å². The summed E-state index contributed by atoms with van der Waals surface area (Å²) in [7, 11) is 0. The second kappa shape index (κ2) is 6.36. The molecule has 0 spiro atoms. The lowest BCUT2D eigenvalue weighted by molar-refractivity contribution is -0.0250. The third kappa shape index (κ3) is 3.06. The number of H-pyrrole nitrogens is 1. The molecule has 1 aliphatic heterocycles. The molecule has 3 rings (SSSR count). The average molecular weight is 328 g/mol. The van der Waals surface area contributed by atoms with Crippen molar-refractivity contribution >= 4 is 5.91 Å². The number of aliphatic hydroxyl groups is 1. The van der Waals surface area contributed by atoms with Gasteiger partial charge in [-0.25, -0.2) is 0 Å². The molecule has 128 valence electrons. The Balaban J connectivity index is 1.70. The summed E-state index contributed by atoms with van der Waals surface area (Å²) in [6.07, 6.45) is 2.67. The summed E-state index contributed by atoms with van der Waals surface area (Å²) in [4.78, 5) is 18.7. The van der Waals surface area contributed by atoms with Gasteiger partial charge in [0.15, 0.2) is 0 Å². The molecule has 3 heterocycles. The number of aromatic nitrogens is 3. The van der Waals surface area contributed by atoms with Gasteiger partial charge in [-0.05, 0) is 43.4 Å². The molecule has 1 aliphatic rings. The van der Waals surface area contributed by atoms with Crippen LogP contribution >= 0.6 is 0 Å². The maximum absolute atomic E-state index is 12.6. The molecule has 1 saturated heterocycles. The number of piperidine rings is 1. The lowest BCUT2D eigenvalue weighted by Crippen LogP contribution is -2.45. The van der Waals surface area contributed by atoms with E-state index in [4.69, 9.17) is 0 Å². The maximum Gasteiger partial charge on any atom is 0.274 e. The third-order valence-electron chi connectivity index (χ3n) is 4.77. The quantitative estimate of drug-likeness (QED) is 0.906. The molecule has 2 aromatic rings. The van der Waals surface area contributed by atoms with Crippen LogP contribution in [0, 0.1) is 6.92 Å². The third-order valence-corrected chi connectivity index (χ3v) is 4.77. The highest BCUT2D eigenvalue weighted by Gasteiger charge is 2.38. The molecular formula is C18H24N4O2. The molecule has 0 aliphatic carbocycles. The van der Waals surface area contributed by atoms with Gasteiger partial charge >= 0.3 is 0 Å². The van der Waals surface area contributed by atoms with Crippen molar-refractivity contribution in [3.05, 3.63) is 47.0 Å². The predicted molar refractivity (Wildman–Crippen MR) is 90.7 cm³/mol.